The molecule has 0 amide bonds. The van der Waals surface area contributed by atoms with Gasteiger partial charge in [-0.1, -0.05) is 91.9 Å². The predicted molar refractivity (Wildman–Crippen MR) is 112 cm³/mol. The van der Waals surface area contributed by atoms with Gasteiger partial charge in [-0.25, -0.2) is 0 Å². The minimum absolute atomic E-state index is 0.261. The van der Waals surface area contributed by atoms with Gasteiger partial charge in [0.05, 0.1) is 6.04 Å². The van der Waals surface area contributed by atoms with Gasteiger partial charge in [0, 0.05) is 18.0 Å². The summed E-state index contributed by atoms with van der Waals surface area (Å²) < 4.78 is 0. The van der Waals surface area contributed by atoms with E-state index in [1.54, 1.807) is 11.1 Å². The van der Waals surface area contributed by atoms with E-state index in [9.17, 15) is 0 Å². The lowest BCUT2D eigenvalue weighted by atomic mass is 9.68. The third-order valence-corrected chi connectivity index (χ3v) is 6.91. The van der Waals surface area contributed by atoms with Crippen LogP contribution in [0.1, 0.15) is 48.1 Å². The predicted octanol–water partition coefficient (Wildman–Crippen LogP) is 5.75. The molecule has 2 aliphatic rings. The number of hydrogen-bond donors (Lipinski definition) is 0. The summed E-state index contributed by atoms with van der Waals surface area (Å²) in [5.41, 5.74) is 6.23. The summed E-state index contributed by atoms with van der Waals surface area (Å²) in [4.78, 5) is 2.79. The van der Waals surface area contributed by atoms with Crippen LogP contribution in [0.15, 0.2) is 84.9 Å². The molecule has 0 bridgehead atoms. The van der Waals surface area contributed by atoms with Crippen molar-refractivity contribution in [3.05, 3.63) is 107 Å². The second-order valence-electron chi connectivity index (χ2n) is 8.34. The molecule has 3 aromatic carbocycles. The van der Waals surface area contributed by atoms with Gasteiger partial charge < -0.3 is 0 Å². The van der Waals surface area contributed by atoms with Crippen molar-refractivity contribution in [2.24, 2.45) is 0 Å². The van der Waals surface area contributed by atoms with Crippen LogP contribution in [0.25, 0.3) is 0 Å². The van der Waals surface area contributed by atoms with Crippen LogP contribution in [-0.2, 0) is 11.8 Å². The molecule has 0 radical (unpaired) electrons. The number of hydrogen-bond acceptors (Lipinski definition) is 1. The molecule has 1 saturated heterocycles. The van der Waals surface area contributed by atoms with E-state index in [4.69, 9.17) is 0 Å². The molecule has 0 spiro atoms. The molecule has 2 atom stereocenters. The molecule has 0 saturated carbocycles. The number of aryl methyl sites for hydroxylation is 1. The largest absolute Gasteiger partial charge is 0.288 e. The molecule has 0 N–H and O–H groups in total. The molecule has 1 aliphatic carbocycles. The topological polar surface area (TPSA) is 3.24 Å². The Kier molecular flexibility index (Phi) is 4.13. The minimum atomic E-state index is 0.261. The standard InChI is InChI=1S/C26H27N/c1-26-18-19-27(24(26)17-16-20-10-8-9-15-23(20)26)25(21-11-4-2-5-12-21)22-13-6-3-7-14-22/h2-15,24-25H,16-19H2,1H3/t24-,26+/m0/s1. The minimum Gasteiger partial charge on any atom is -0.288 e. The third-order valence-electron chi connectivity index (χ3n) is 6.91. The van der Waals surface area contributed by atoms with Crippen molar-refractivity contribution in [2.45, 2.75) is 43.7 Å². The zero-order valence-corrected chi connectivity index (χ0v) is 16.0. The number of fused-ring (bicyclic) bond motifs is 3. The summed E-state index contributed by atoms with van der Waals surface area (Å²) in [6.45, 7) is 3.66. The van der Waals surface area contributed by atoms with Crippen LogP contribution in [0, 0.1) is 0 Å². The Hall–Kier alpha value is -2.38. The molecule has 1 heteroatoms. The maximum Gasteiger partial charge on any atom is 0.0604 e. The van der Waals surface area contributed by atoms with Crippen LogP contribution < -0.4 is 0 Å². The lowest BCUT2D eigenvalue weighted by Gasteiger charge is -2.43. The molecule has 1 heterocycles. The van der Waals surface area contributed by atoms with E-state index in [2.05, 4.69) is 96.8 Å². The Morgan fingerprint density at radius 3 is 2.07 bits per heavy atom. The van der Waals surface area contributed by atoms with Crippen LogP contribution in [-0.4, -0.2) is 17.5 Å². The maximum atomic E-state index is 2.79. The van der Waals surface area contributed by atoms with Gasteiger partial charge in [-0.3, -0.25) is 4.90 Å². The van der Waals surface area contributed by atoms with Crippen molar-refractivity contribution in [1.29, 1.82) is 0 Å². The molecule has 27 heavy (non-hydrogen) atoms. The van der Waals surface area contributed by atoms with Crippen LogP contribution >= 0.6 is 0 Å². The Morgan fingerprint density at radius 2 is 1.41 bits per heavy atom. The lowest BCUT2D eigenvalue weighted by Crippen LogP contribution is -2.45. The molecule has 5 rings (SSSR count). The van der Waals surface area contributed by atoms with Crippen LogP contribution in [0.4, 0.5) is 0 Å². The highest BCUT2D eigenvalue weighted by atomic mass is 15.2. The Bertz CT molecular complexity index is 878. The van der Waals surface area contributed by atoms with Gasteiger partial charge in [-0.2, -0.15) is 0 Å². The van der Waals surface area contributed by atoms with Crippen molar-refractivity contribution in [2.75, 3.05) is 6.54 Å². The van der Waals surface area contributed by atoms with Gasteiger partial charge in [0.1, 0.15) is 0 Å². The summed E-state index contributed by atoms with van der Waals surface area (Å²) in [7, 11) is 0. The molecule has 1 fully saturated rings. The highest BCUT2D eigenvalue weighted by Gasteiger charge is 2.49. The van der Waals surface area contributed by atoms with Gasteiger partial charge in [0.2, 0.25) is 0 Å². The van der Waals surface area contributed by atoms with Crippen LogP contribution in [0.3, 0.4) is 0 Å². The van der Waals surface area contributed by atoms with Crippen molar-refractivity contribution >= 4 is 0 Å². The quantitative estimate of drug-likeness (QED) is 0.579. The molecule has 1 aliphatic heterocycles. The molecular formula is C26H27N. The summed E-state index contributed by atoms with van der Waals surface area (Å²) in [5, 5.41) is 0. The second kappa shape index (κ2) is 6.65. The number of benzene rings is 3. The average Bonchev–Trinajstić information content (AvgIpc) is 3.07. The Morgan fingerprint density at radius 1 is 0.815 bits per heavy atom. The Labute approximate surface area is 162 Å². The van der Waals surface area contributed by atoms with E-state index in [-0.39, 0.29) is 5.41 Å². The molecule has 0 aromatic heterocycles. The first-order valence-electron chi connectivity index (χ1n) is 10.2. The first-order valence-corrected chi connectivity index (χ1v) is 10.2. The van der Waals surface area contributed by atoms with Crippen molar-refractivity contribution in [3.8, 4) is 0 Å². The van der Waals surface area contributed by atoms with E-state index in [1.165, 1.54) is 30.4 Å². The first kappa shape index (κ1) is 16.8. The maximum absolute atomic E-state index is 2.79. The third kappa shape index (κ3) is 2.73. The highest BCUT2D eigenvalue weighted by Crippen LogP contribution is 2.50. The van der Waals surface area contributed by atoms with Gasteiger partial charge in [0.25, 0.3) is 0 Å². The van der Waals surface area contributed by atoms with Gasteiger partial charge in [0.15, 0.2) is 0 Å². The monoisotopic (exact) mass is 353 g/mol. The summed E-state index contributed by atoms with van der Waals surface area (Å²) in [6, 6.07) is 32.2. The SMILES string of the molecule is C[C@]12CCN(C(c3ccccc3)c3ccccc3)[C@H]1CCc1ccccc12. The lowest BCUT2D eigenvalue weighted by molar-refractivity contribution is 0.158. The van der Waals surface area contributed by atoms with E-state index >= 15 is 0 Å². The fourth-order valence-electron chi connectivity index (χ4n) is 5.59. The van der Waals surface area contributed by atoms with E-state index in [0.717, 1.165) is 6.54 Å². The normalized spacial score (nSPS) is 24.6. The summed E-state index contributed by atoms with van der Waals surface area (Å²) in [6.07, 6.45) is 3.69. The van der Waals surface area contributed by atoms with E-state index in [1.807, 2.05) is 0 Å². The van der Waals surface area contributed by atoms with Crippen molar-refractivity contribution in [3.63, 3.8) is 0 Å². The number of rotatable bonds is 3. The molecule has 136 valence electrons. The van der Waals surface area contributed by atoms with Crippen molar-refractivity contribution < 1.29 is 0 Å². The van der Waals surface area contributed by atoms with Crippen LogP contribution in [0.2, 0.25) is 0 Å². The zero-order chi connectivity index (χ0) is 18.3. The van der Waals surface area contributed by atoms with Gasteiger partial charge in [-0.05, 0) is 41.5 Å². The van der Waals surface area contributed by atoms with E-state index < -0.39 is 0 Å². The van der Waals surface area contributed by atoms with Gasteiger partial charge >= 0.3 is 0 Å². The van der Waals surface area contributed by atoms with Crippen LogP contribution in [0.5, 0.6) is 0 Å². The number of nitrogens with zero attached hydrogens (tertiary/aromatic N) is 1. The molecule has 0 unspecified atom stereocenters. The molecule has 3 aromatic rings. The average molecular weight is 354 g/mol. The first-order chi connectivity index (χ1) is 13.3. The zero-order valence-electron chi connectivity index (χ0n) is 16.0. The Balaban J connectivity index is 1.59. The van der Waals surface area contributed by atoms with E-state index in [0.29, 0.717) is 12.1 Å². The highest BCUT2D eigenvalue weighted by molar-refractivity contribution is 5.41. The molecular weight excluding hydrogens is 326 g/mol. The van der Waals surface area contributed by atoms with Gasteiger partial charge in [-0.15, -0.1) is 0 Å². The number of likely N-dealkylation sites (tertiary alicyclic amines) is 1. The smallest absolute Gasteiger partial charge is 0.0604 e. The fourth-order valence-corrected chi connectivity index (χ4v) is 5.59. The van der Waals surface area contributed by atoms with Crippen molar-refractivity contribution in [1.82, 2.24) is 4.90 Å². The second-order valence-corrected chi connectivity index (χ2v) is 8.34. The molecule has 1 nitrogen and oxygen atoms in total. The summed E-state index contributed by atoms with van der Waals surface area (Å²) >= 11 is 0. The summed E-state index contributed by atoms with van der Waals surface area (Å²) in [5.74, 6) is 0. The fraction of sp³-hybridized carbons (Fsp3) is 0.308.